The number of guanidine groups is 1. The molecule has 4 N–H and O–H groups in total. The molecule has 0 bridgehead atoms. The number of carboxylic acid groups (broad SMARTS) is 1. The SMILES string of the molecule is Cc1cc(C)c(S(=O)(=O)N[C@@H](CCOc2ccc(CCC(=O)NC3=NCCCN3)cc2)C(=O)O)c(C)c1. The van der Waals surface area contributed by atoms with E-state index in [0.29, 0.717) is 42.2 Å². The predicted octanol–water partition coefficient (Wildman–Crippen LogP) is 2.21. The number of rotatable bonds is 11. The van der Waals surface area contributed by atoms with Crippen LogP contribution in [0.15, 0.2) is 46.3 Å². The zero-order valence-corrected chi connectivity index (χ0v) is 22.2. The van der Waals surface area contributed by atoms with Crippen molar-refractivity contribution in [3.8, 4) is 5.75 Å². The van der Waals surface area contributed by atoms with E-state index < -0.39 is 22.0 Å². The Morgan fingerprint density at radius 3 is 2.41 bits per heavy atom. The molecule has 2 aromatic carbocycles. The highest BCUT2D eigenvalue weighted by Crippen LogP contribution is 2.22. The normalized spacial score (nSPS) is 14.3. The number of aryl methyl sites for hydroxylation is 4. The Bertz CT molecular complexity index is 1240. The highest BCUT2D eigenvalue weighted by molar-refractivity contribution is 7.89. The third kappa shape index (κ3) is 8.29. The Labute approximate surface area is 217 Å². The number of carboxylic acids is 1. The number of amides is 1. The van der Waals surface area contributed by atoms with Crippen LogP contribution in [-0.4, -0.2) is 57.1 Å². The van der Waals surface area contributed by atoms with Crippen molar-refractivity contribution in [3.05, 3.63) is 58.7 Å². The minimum atomic E-state index is -4.04. The standard InChI is InChI=1S/C26H34N4O6S/c1-17-15-18(2)24(19(3)16-17)37(34,35)30-22(25(32)33)11-14-36-21-8-5-20(6-9-21)7-10-23(31)29-26-27-12-4-13-28-26/h5-6,8-9,15-16,22,30H,4,7,10-14H2,1-3H3,(H,32,33)(H2,27,28,29,31)/t22-/m0/s1. The summed E-state index contributed by atoms with van der Waals surface area (Å²) in [5.74, 6) is -0.360. The second kappa shape index (κ2) is 12.7. The molecule has 1 heterocycles. The van der Waals surface area contributed by atoms with Crippen molar-refractivity contribution in [2.45, 2.75) is 57.4 Å². The zero-order valence-electron chi connectivity index (χ0n) is 21.3. The highest BCUT2D eigenvalue weighted by atomic mass is 32.2. The lowest BCUT2D eigenvalue weighted by molar-refractivity contribution is -0.139. The number of carbonyl (C=O) groups excluding carboxylic acids is 1. The molecular formula is C26H34N4O6S. The van der Waals surface area contributed by atoms with Gasteiger partial charge >= 0.3 is 5.97 Å². The van der Waals surface area contributed by atoms with Crippen LogP contribution in [0.2, 0.25) is 0 Å². The van der Waals surface area contributed by atoms with E-state index in [1.54, 1.807) is 38.1 Å². The van der Waals surface area contributed by atoms with Gasteiger partial charge in [0.2, 0.25) is 15.9 Å². The van der Waals surface area contributed by atoms with Crippen molar-refractivity contribution in [1.29, 1.82) is 0 Å². The lowest BCUT2D eigenvalue weighted by atomic mass is 10.1. The number of ether oxygens (including phenoxy) is 1. The molecule has 10 nitrogen and oxygen atoms in total. The van der Waals surface area contributed by atoms with Gasteiger partial charge in [0.25, 0.3) is 0 Å². The smallest absolute Gasteiger partial charge is 0.321 e. The Balaban J connectivity index is 1.50. The summed E-state index contributed by atoms with van der Waals surface area (Å²) in [6, 6.07) is 9.29. The summed E-state index contributed by atoms with van der Waals surface area (Å²) < 4.78 is 33.8. The Morgan fingerprint density at radius 1 is 1.14 bits per heavy atom. The molecule has 0 saturated carbocycles. The third-order valence-corrected chi connectivity index (χ3v) is 7.64. The molecule has 0 radical (unpaired) electrons. The van der Waals surface area contributed by atoms with Gasteiger partial charge in [-0.1, -0.05) is 29.8 Å². The van der Waals surface area contributed by atoms with E-state index in [4.69, 9.17) is 4.74 Å². The molecular weight excluding hydrogens is 496 g/mol. The van der Waals surface area contributed by atoms with E-state index in [1.165, 1.54) is 0 Å². The number of hydrogen-bond donors (Lipinski definition) is 4. The molecule has 0 aromatic heterocycles. The molecule has 1 aliphatic rings. The molecule has 0 unspecified atom stereocenters. The summed E-state index contributed by atoms with van der Waals surface area (Å²) in [7, 11) is -4.04. The fourth-order valence-electron chi connectivity index (χ4n) is 4.19. The van der Waals surface area contributed by atoms with Crippen LogP contribution in [0.5, 0.6) is 5.75 Å². The maximum absolute atomic E-state index is 12.9. The van der Waals surface area contributed by atoms with Gasteiger partial charge in [-0.25, -0.2) is 8.42 Å². The van der Waals surface area contributed by atoms with E-state index in [9.17, 15) is 23.1 Å². The monoisotopic (exact) mass is 530 g/mol. The summed E-state index contributed by atoms with van der Waals surface area (Å²) in [6.07, 6.45) is 1.74. The van der Waals surface area contributed by atoms with Gasteiger partial charge in [0.1, 0.15) is 11.8 Å². The van der Waals surface area contributed by atoms with Gasteiger partial charge in [0.05, 0.1) is 11.5 Å². The fourth-order valence-corrected chi connectivity index (χ4v) is 5.86. The number of nitrogens with one attached hydrogen (secondary N) is 3. The molecule has 0 spiro atoms. The molecule has 37 heavy (non-hydrogen) atoms. The summed E-state index contributed by atoms with van der Waals surface area (Å²) in [6.45, 7) is 6.75. The van der Waals surface area contributed by atoms with Gasteiger partial charge in [-0.2, -0.15) is 4.72 Å². The molecule has 0 saturated heterocycles. The van der Waals surface area contributed by atoms with Crippen LogP contribution in [0.3, 0.4) is 0 Å². The first-order valence-electron chi connectivity index (χ1n) is 12.2. The number of aliphatic carboxylic acids is 1. The van der Waals surface area contributed by atoms with Gasteiger partial charge in [0, 0.05) is 25.9 Å². The number of sulfonamides is 1. The minimum Gasteiger partial charge on any atom is -0.494 e. The van der Waals surface area contributed by atoms with Crippen molar-refractivity contribution in [2.24, 2.45) is 4.99 Å². The minimum absolute atomic E-state index is 0.00220. The van der Waals surface area contributed by atoms with Crippen LogP contribution in [-0.2, 0) is 26.0 Å². The van der Waals surface area contributed by atoms with Crippen molar-refractivity contribution >= 4 is 27.9 Å². The molecule has 200 valence electrons. The molecule has 1 amide bonds. The molecule has 1 aliphatic heterocycles. The lowest BCUT2D eigenvalue weighted by Crippen LogP contribution is -2.43. The van der Waals surface area contributed by atoms with E-state index in [1.807, 2.05) is 19.1 Å². The number of nitrogens with zero attached hydrogens (tertiary/aromatic N) is 1. The number of aliphatic imine (C=N–C) groups is 1. The summed E-state index contributed by atoms with van der Waals surface area (Å²) in [4.78, 5) is 28.2. The van der Waals surface area contributed by atoms with Crippen LogP contribution in [0.4, 0.5) is 0 Å². The molecule has 1 atom stereocenters. The molecule has 11 heteroatoms. The van der Waals surface area contributed by atoms with E-state index >= 15 is 0 Å². The highest BCUT2D eigenvalue weighted by Gasteiger charge is 2.28. The Hall–Kier alpha value is -3.44. The summed E-state index contributed by atoms with van der Waals surface area (Å²) in [5.41, 5.74) is 2.99. The Morgan fingerprint density at radius 2 is 1.81 bits per heavy atom. The zero-order chi connectivity index (χ0) is 27.0. The van der Waals surface area contributed by atoms with Crippen LogP contribution in [0, 0.1) is 20.8 Å². The van der Waals surface area contributed by atoms with Crippen molar-refractivity contribution in [1.82, 2.24) is 15.4 Å². The summed E-state index contributed by atoms with van der Waals surface area (Å²) >= 11 is 0. The van der Waals surface area contributed by atoms with Crippen LogP contribution in [0.1, 0.15) is 41.5 Å². The van der Waals surface area contributed by atoms with Gasteiger partial charge in [-0.05, 0) is 62.4 Å². The maximum atomic E-state index is 12.9. The van der Waals surface area contributed by atoms with Crippen molar-refractivity contribution in [2.75, 3.05) is 19.7 Å². The van der Waals surface area contributed by atoms with Crippen LogP contribution in [0.25, 0.3) is 0 Å². The molecule has 0 aliphatic carbocycles. The summed E-state index contributed by atoms with van der Waals surface area (Å²) in [5, 5.41) is 15.4. The van der Waals surface area contributed by atoms with Gasteiger partial charge < -0.3 is 15.2 Å². The topological polar surface area (TPSA) is 146 Å². The second-order valence-corrected chi connectivity index (χ2v) is 10.7. The van der Waals surface area contributed by atoms with Crippen molar-refractivity contribution < 1.29 is 27.9 Å². The van der Waals surface area contributed by atoms with Crippen LogP contribution >= 0.6 is 0 Å². The fraction of sp³-hybridized carbons (Fsp3) is 0.423. The maximum Gasteiger partial charge on any atom is 0.321 e. The first kappa shape index (κ1) is 28.1. The average molecular weight is 531 g/mol. The Kier molecular flexibility index (Phi) is 9.65. The third-order valence-electron chi connectivity index (χ3n) is 5.86. The molecule has 2 aromatic rings. The van der Waals surface area contributed by atoms with Crippen LogP contribution < -0.4 is 20.1 Å². The van der Waals surface area contributed by atoms with Gasteiger partial charge in [0.15, 0.2) is 5.96 Å². The van der Waals surface area contributed by atoms with Gasteiger partial charge in [-0.3, -0.25) is 19.9 Å². The number of benzene rings is 2. The predicted molar refractivity (Wildman–Crippen MR) is 140 cm³/mol. The van der Waals surface area contributed by atoms with Crippen molar-refractivity contribution in [3.63, 3.8) is 0 Å². The number of hydrogen-bond acceptors (Lipinski definition) is 7. The molecule has 3 rings (SSSR count). The lowest BCUT2D eigenvalue weighted by Gasteiger charge is -2.18. The van der Waals surface area contributed by atoms with Gasteiger partial charge in [-0.15, -0.1) is 0 Å². The first-order chi connectivity index (χ1) is 17.5. The average Bonchev–Trinajstić information content (AvgIpc) is 2.82. The largest absolute Gasteiger partial charge is 0.494 e. The van der Waals surface area contributed by atoms with E-state index in [2.05, 4.69) is 20.3 Å². The van der Waals surface area contributed by atoms with E-state index in [0.717, 1.165) is 24.1 Å². The molecule has 0 fully saturated rings. The van der Waals surface area contributed by atoms with E-state index in [-0.39, 0.29) is 23.8 Å². The first-order valence-corrected chi connectivity index (χ1v) is 13.7. The second-order valence-electron chi connectivity index (χ2n) is 9.08. The number of carbonyl (C=O) groups is 2. The quantitative estimate of drug-likeness (QED) is 0.348.